The van der Waals surface area contributed by atoms with Crippen molar-refractivity contribution in [2.45, 2.75) is 25.2 Å². The maximum atomic E-state index is 13.1. The Balaban J connectivity index is 2.04. The van der Waals surface area contributed by atoms with E-state index in [0.29, 0.717) is 12.6 Å². The van der Waals surface area contributed by atoms with Crippen LogP contribution >= 0.6 is 0 Å². The second-order valence-corrected chi connectivity index (χ2v) is 4.43. The van der Waals surface area contributed by atoms with Crippen molar-refractivity contribution >= 4 is 5.91 Å². The van der Waals surface area contributed by atoms with Crippen LogP contribution in [0.15, 0.2) is 18.2 Å². The standard InChI is InChI=1S/C12H12F4N2O/c13-9-2-7(1-8(3-9)12(14,15)16)5-17-10-4-11(19)18-6-10/h1-3,10,17H,4-6H2,(H,18,19). The van der Waals surface area contributed by atoms with E-state index in [2.05, 4.69) is 10.6 Å². The fraction of sp³-hybridized carbons (Fsp3) is 0.417. The Bertz CT molecular complexity index is 487. The van der Waals surface area contributed by atoms with Gasteiger partial charge in [0.15, 0.2) is 0 Å². The van der Waals surface area contributed by atoms with Crippen molar-refractivity contribution in [3.05, 3.63) is 35.1 Å². The molecule has 0 saturated carbocycles. The molecule has 1 aromatic rings. The molecule has 7 heteroatoms. The molecule has 1 amide bonds. The summed E-state index contributed by atoms with van der Waals surface area (Å²) in [6, 6.07) is 2.28. The van der Waals surface area contributed by atoms with Crippen LogP contribution in [0.25, 0.3) is 0 Å². The first-order chi connectivity index (χ1) is 8.84. The van der Waals surface area contributed by atoms with Gasteiger partial charge in [0.1, 0.15) is 5.82 Å². The third-order valence-corrected chi connectivity index (χ3v) is 2.86. The molecule has 0 aliphatic carbocycles. The smallest absolute Gasteiger partial charge is 0.354 e. The van der Waals surface area contributed by atoms with Crippen LogP contribution in [0.1, 0.15) is 17.5 Å². The summed E-state index contributed by atoms with van der Waals surface area (Å²) in [6.07, 6.45) is -4.29. The molecular weight excluding hydrogens is 264 g/mol. The minimum absolute atomic E-state index is 0.0838. The average Bonchev–Trinajstić information content (AvgIpc) is 2.71. The molecule has 2 rings (SSSR count). The number of amides is 1. The normalized spacial score (nSPS) is 19.6. The molecule has 1 atom stereocenters. The summed E-state index contributed by atoms with van der Waals surface area (Å²) in [6.45, 7) is 0.515. The number of carbonyl (C=O) groups is 1. The lowest BCUT2D eigenvalue weighted by atomic mass is 10.1. The minimum atomic E-state index is -4.57. The van der Waals surface area contributed by atoms with Gasteiger partial charge >= 0.3 is 6.18 Å². The molecule has 2 N–H and O–H groups in total. The topological polar surface area (TPSA) is 41.1 Å². The lowest BCUT2D eigenvalue weighted by molar-refractivity contribution is -0.137. The van der Waals surface area contributed by atoms with Crippen molar-refractivity contribution in [2.24, 2.45) is 0 Å². The van der Waals surface area contributed by atoms with Gasteiger partial charge in [-0.25, -0.2) is 4.39 Å². The Morgan fingerprint density at radius 1 is 1.32 bits per heavy atom. The number of hydrogen-bond acceptors (Lipinski definition) is 2. The molecule has 3 nitrogen and oxygen atoms in total. The third kappa shape index (κ3) is 3.66. The first-order valence-corrected chi connectivity index (χ1v) is 5.71. The van der Waals surface area contributed by atoms with Crippen LogP contribution in [0.4, 0.5) is 17.6 Å². The van der Waals surface area contributed by atoms with Gasteiger partial charge in [-0.3, -0.25) is 4.79 Å². The van der Waals surface area contributed by atoms with E-state index in [1.807, 2.05) is 0 Å². The van der Waals surface area contributed by atoms with Crippen molar-refractivity contribution < 1.29 is 22.4 Å². The molecule has 0 aromatic heterocycles. The highest BCUT2D eigenvalue weighted by Crippen LogP contribution is 2.30. The number of hydrogen-bond donors (Lipinski definition) is 2. The highest BCUT2D eigenvalue weighted by molar-refractivity contribution is 5.78. The zero-order valence-corrected chi connectivity index (χ0v) is 9.85. The Kier molecular flexibility index (Phi) is 3.75. The van der Waals surface area contributed by atoms with Crippen molar-refractivity contribution in [3.8, 4) is 0 Å². The van der Waals surface area contributed by atoms with E-state index < -0.39 is 17.6 Å². The van der Waals surface area contributed by atoms with E-state index in [-0.39, 0.29) is 30.5 Å². The summed E-state index contributed by atoms with van der Waals surface area (Å²) >= 11 is 0. The number of halogens is 4. The summed E-state index contributed by atoms with van der Waals surface area (Å²) in [5, 5.41) is 5.51. The summed E-state index contributed by atoms with van der Waals surface area (Å²) in [4.78, 5) is 10.9. The molecule has 1 aliphatic rings. The van der Waals surface area contributed by atoms with Gasteiger partial charge in [-0.15, -0.1) is 0 Å². The number of benzene rings is 1. The average molecular weight is 276 g/mol. The number of rotatable bonds is 3. The summed E-state index contributed by atoms with van der Waals surface area (Å²) < 4.78 is 50.6. The van der Waals surface area contributed by atoms with Gasteiger partial charge in [0, 0.05) is 25.6 Å². The summed E-state index contributed by atoms with van der Waals surface area (Å²) in [7, 11) is 0. The molecule has 1 aromatic carbocycles. The monoisotopic (exact) mass is 276 g/mol. The Hall–Kier alpha value is -1.63. The van der Waals surface area contributed by atoms with Crippen molar-refractivity contribution in [3.63, 3.8) is 0 Å². The quantitative estimate of drug-likeness (QED) is 0.827. The van der Waals surface area contributed by atoms with Gasteiger partial charge in [0.2, 0.25) is 5.91 Å². The van der Waals surface area contributed by atoms with E-state index in [1.54, 1.807) is 0 Å². The Labute approximate surface area is 107 Å². The fourth-order valence-electron chi connectivity index (χ4n) is 1.93. The maximum Gasteiger partial charge on any atom is 0.416 e. The minimum Gasteiger partial charge on any atom is -0.354 e. The SMILES string of the molecule is O=C1CC(NCc2cc(F)cc(C(F)(F)F)c2)CN1. The van der Waals surface area contributed by atoms with Crippen LogP contribution in [0.3, 0.4) is 0 Å². The predicted octanol–water partition coefficient (Wildman–Crippen LogP) is 1.82. The Morgan fingerprint density at radius 3 is 2.63 bits per heavy atom. The van der Waals surface area contributed by atoms with Gasteiger partial charge in [0.05, 0.1) is 5.56 Å². The highest BCUT2D eigenvalue weighted by atomic mass is 19.4. The Morgan fingerprint density at radius 2 is 2.05 bits per heavy atom. The second-order valence-electron chi connectivity index (χ2n) is 4.43. The van der Waals surface area contributed by atoms with E-state index in [9.17, 15) is 22.4 Å². The van der Waals surface area contributed by atoms with Gasteiger partial charge < -0.3 is 10.6 Å². The van der Waals surface area contributed by atoms with Crippen LogP contribution in [0, 0.1) is 5.82 Å². The molecule has 0 spiro atoms. The van der Waals surface area contributed by atoms with E-state index in [1.165, 1.54) is 0 Å². The fourth-order valence-corrected chi connectivity index (χ4v) is 1.93. The highest BCUT2D eigenvalue weighted by Gasteiger charge is 2.31. The van der Waals surface area contributed by atoms with Crippen LogP contribution in [-0.2, 0) is 17.5 Å². The first-order valence-electron chi connectivity index (χ1n) is 5.71. The first kappa shape index (κ1) is 13.8. The van der Waals surface area contributed by atoms with Gasteiger partial charge in [-0.05, 0) is 23.8 Å². The summed E-state index contributed by atoms with van der Waals surface area (Å²) in [5.74, 6) is -1.03. The van der Waals surface area contributed by atoms with Gasteiger partial charge in [-0.2, -0.15) is 13.2 Å². The number of alkyl halides is 3. The molecule has 0 bridgehead atoms. The van der Waals surface area contributed by atoms with Gasteiger partial charge in [-0.1, -0.05) is 0 Å². The molecular formula is C12H12F4N2O. The number of carbonyl (C=O) groups excluding carboxylic acids is 1. The van der Waals surface area contributed by atoms with Crippen LogP contribution in [-0.4, -0.2) is 18.5 Å². The predicted molar refractivity (Wildman–Crippen MR) is 59.7 cm³/mol. The maximum absolute atomic E-state index is 13.1. The van der Waals surface area contributed by atoms with Crippen LogP contribution in [0.5, 0.6) is 0 Å². The van der Waals surface area contributed by atoms with Crippen molar-refractivity contribution in [1.29, 1.82) is 0 Å². The molecule has 104 valence electrons. The van der Waals surface area contributed by atoms with Crippen molar-refractivity contribution in [2.75, 3.05) is 6.54 Å². The van der Waals surface area contributed by atoms with Gasteiger partial charge in [0.25, 0.3) is 0 Å². The van der Waals surface area contributed by atoms with Crippen LogP contribution in [0.2, 0.25) is 0 Å². The van der Waals surface area contributed by atoms with E-state index >= 15 is 0 Å². The third-order valence-electron chi connectivity index (χ3n) is 2.86. The molecule has 1 unspecified atom stereocenters. The second kappa shape index (κ2) is 5.16. The molecule has 1 aliphatic heterocycles. The molecule has 1 heterocycles. The van der Waals surface area contributed by atoms with Crippen molar-refractivity contribution in [1.82, 2.24) is 10.6 Å². The number of nitrogens with one attached hydrogen (secondary N) is 2. The lowest BCUT2D eigenvalue weighted by Gasteiger charge is -2.12. The van der Waals surface area contributed by atoms with Crippen LogP contribution < -0.4 is 10.6 Å². The zero-order chi connectivity index (χ0) is 14.0. The van der Waals surface area contributed by atoms with E-state index in [4.69, 9.17) is 0 Å². The molecule has 1 saturated heterocycles. The zero-order valence-electron chi connectivity index (χ0n) is 9.85. The molecule has 1 fully saturated rings. The lowest BCUT2D eigenvalue weighted by Crippen LogP contribution is -2.30. The van der Waals surface area contributed by atoms with E-state index in [0.717, 1.165) is 12.1 Å². The molecule has 19 heavy (non-hydrogen) atoms. The largest absolute Gasteiger partial charge is 0.416 e. The summed E-state index contributed by atoms with van der Waals surface area (Å²) in [5.41, 5.74) is -0.809. The molecule has 0 radical (unpaired) electrons.